The van der Waals surface area contributed by atoms with E-state index < -0.39 is 0 Å². The Morgan fingerprint density at radius 2 is 1.43 bits per heavy atom. The molecule has 0 unspecified atom stereocenters. The molecule has 6 nitrogen and oxygen atoms in total. The van der Waals surface area contributed by atoms with Gasteiger partial charge in [0.15, 0.2) is 0 Å². The zero-order valence-electron chi connectivity index (χ0n) is 14.4. The van der Waals surface area contributed by atoms with Crippen LogP contribution in [0.25, 0.3) is 0 Å². The van der Waals surface area contributed by atoms with Crippen LogP contribution >= 0.6 is 0 Å². The molecule has 0 saturated carbocycles. The molecule has 0 radical (unpaired) electrons. The molecule has 0 aromatic heterocycles. The van der Waals surface area contributed by atoms with Gasteiger partial charge in [-0.05, 0) is 13.8 Å². The number of rotatable bonds is 7. The third kappa shape index (κ3) is 20.5. The largest absolute Gasteiger partial charge is 0.466 e. The monoisotopic (exact) mass is 329 g/mol. The number of carbonyl (C=O) groups excluding carboxylic acids is 1. The number of hydrogen-bond acceptors (Lipinski definition) is 6. The number of benzene rings is 1. The van der Waals surface area contributed by atoms with Crippen molar-refractivity contribution >= 4 is 5.97 Å². The molecule has 0 aliphatic carbocycles. The molecule has 0 heterocycles. The second kappa shape index (κ2) is 18.6. The summed E-state index contributed by atoms with van der Waals surface area (Å²) in [5.41, 5.74) is 1.32. The van der Waals surface area contributed by atoms with Crippen LogP contribution in [0.15, 0.2) is 30.3 Å². The quantitative estimate of drug-likeness (QED) is 0.642. The maximum Gasteiger partial charge on any atom is 0.302 e. The fourth-order valence-electron chi connectivity index (χ4n) is 1.50. The van der Waals surface area contributed by atoms with Crippen LogP contribution in [0.3, 0.4) is 0 Å². The Bertz CT molecular complexity index is 345. The SMILES string of the molecule is CCOC(C)=O.Cc1ccccc1.OCCN(CCO)CCO. The van der Waals surface area contributed by atoms with Crippen molar-refractivity contribution in [2.75, 3.05) is 46.1 Å². The van der Waals surface area contributed by atoms with Crippen molar-refractivity contribution < 1.29 is 24.9 Å². The lowest BCUT2D eigenvalue weighted by Gasteiger charge is -2.17. The minimum absolute atomic E-state index is 0.0694. The molecule has 3 N–H and O–H groups in total. The normalized spacial score (nSPS) is 9.35. The van der Waals surface area contributed by atoms with Gasteiger partial charge in [0.2, 0.25) is 0 Å². The number of nitrogens with zero attached hydrogens (tertiary/aromatic N) is 1. The smallest absolute Gasteiger partial charge is 0.302 e. The molecule has 23 heavy (non-hydrogen) atoms. The first kappa shape index (κ1) is 23.8. The fraction of sp³-hybridized carbons (Fsp3) is 0.588. The second-order valence-corrected chi connectivity index (χ2v) is 4.59. The maximum absolute atomic E-state index is 9.82. The fourth-order valence-corrected chi connectivity index (χ4v) is 1.50. The number of aliphatic hydroxyl groups excluding tert-OH is 3. The highest BCUT2D eigenvalue weighted by Crippen LogP contribution is 1.92. The van der Waals surface area contributed by atoms with Gasteiger partial charge in [0, 0.05) is 26.6 Å². The molecule has 134 valence electrons. The molecule has 6 heteroatoms. The van der Waals surface area contributed by atoms with E-state index in [0.717, 1.165) is 0 Å². The Labute approximate surface area is 139 Å². The molecule has 0 bridgehead atoms. The summed E-state index contributed by atoms with van der Waals surface area (Å²) in [5.74, 6) is -0.211. The van der Waals surface area contributed by atoms with Gasteiger partial charge in [-0.25, -0.2) is 0 Å². The van der Waals surface area contributed by atoms with Crippen molar-refractivity contribution in [2.45, 2.75) is 20.8 Å². The van der Waals surface area contributed by atoms with Crippen molar-refractivity contribution in [2.24, 2.45) is 0 Å². The van der Waals surface area contributed by atoms with E-state index in [1.807, 2.05) is 18.2 Å². The van der Waals surface area contributed by atoms with E-state index in [9.17, 15) is 4.79 Å². The summed E-state index contributed by atoms with van der Waals surface area (Å²) in [4.78, 5) is 11.6. The predicted molar refractivity (Wildman–Crippen MR) is 91.2 cm³/mol. The average molecular weight is 329 g/mol. The van der Waals surface area contributed by atoms with Crippen LogP contribution in [-0.4, -0.2) is 72.3 Å². The standard InChI is InChI=1S/C7H8.C6H15NO3.C4H8O2/c1-7-5-3-2-4-6-7;8-4-1-7(2-5-9)3-6-10;1-3-6-4(2)5/h2-6H,1H3;8-10H,1-6H2;3H2,1-2H3. The van der Waals surface area contributed by atoms with Crippen LogP contribution in [0.4, 0.5) is 0 Å². The summed E-state index contributed by atoms with van der Waals surface area (Å²) in [6.07, 6.45) is 0. The average Bonchev–Trinajstić information content (AvgIpc) is 2.50. The molecule has 0 aliphatic rings. The highest BCUT2D eigenvalue weighted by atomic mass is 16.5. The lowest BCUT2D eigenvalue weighted by atomic mass is 10.2. The van der Waals surface area contributed by atoms with Gasteiger partial charge in [0.1, 0.15) is 0 Å². The molecule has 0 fully saturated rings. The van der Waals surface area contributed by atoms with Crippen molar-refractivity contribution in [3.8, 4) is 0 Å². The van der Waals surface area contributed by atoms with Crippen LogP contribution < -0.4 is 0 Å². The molecular formula is C17H31NO5. The van der Waals surface area contributed by atoms with Gasteiger partial charge in [0.05, 0.1) is 26.4 Å². The second-order valence-electron chi connectivity index (χ2n) is 4.59. The number of hydrogen-bond donors (Lipinski definition) is 3. The topological polar surface area (TPSA) is 90.2 Å². The molecule has 1 aromatic carbocycles. The Hall–Kier alpha value is -1.47. The molecule has 0 saturated heterocycles. The number of carbonyl (C=O) groups is 1. The highest BCUT2D eigenvalue weighted by Gasteiger charge is 2.00. The van der Waals surface area contributed by atoms with Crippen molar-refractivity contribution in [1.82, 2.24) is 4.90 Å². The van der Waals surface area contributed by atoms with Crippen LogP contribution in [-0.2, 0) is 9.53 Å². The van der Waals surface area contributed by atoms with Crippen molar-refractivity contribution in [3.05, 3.63) is 35.9 Å². The minimum Gasteiger partial charge on any atom is -0.466 e. The molecule has 1 rings (SSSR count). The van der Waals surface area contributed by atoms with Crippen LogP contribution in [0, 0.1) is 6.92 Å². The number of esters is 1. The summed E-state index contributed by atoms with van der Waals surface area (Å²) in [6.45, 7) is 7.49. The van der Waals surface area contributed by atoms with E-state index in [4.69, 9.17) is 15.3 Å². The van der Waals surface area contributed by atoms with E-state index in [1.54, 1.807) is 11.8 Å². The predicted octanol–water partition coefficient (Wildman–Crippen LogP) is 0.830. The lowest BCUT2D eigenvalue weighted by molar-refractivity contribution is -0.140. The molecule has 0 aliphatic heterocycles. The zero-order chi connectivity index (χ0) is 17.9. The number of aliphatic hydroxyl groups is 3. The van der Waals surface area contributed by atoms with Crippen molar-refractivity contribution in [1.29, 1.82) is 0 Å². The van der Waals surface area contributed by atoms with Crippen molar-refractivity contribution in [3.63, 3.8) is 0 Å². The maximum atomic E-state index is 9.82. The van der Waals surface area contributed by atoms with Crippen LogP contribution in [0.1, 0.15) is 19.4 Å². The number of aryl methyl sites for hydroxylation is 1. The Morgan fingerprint density at radius 3 is 1.61 bits per heavy atom. The zero-order valence-corrected chi connectivity index (χ0v) is 14.4. The molecule has 1 aromatic rings. The summed E-state index contributed by atoms with van der Waals surface area (Å²) >= 11 is 0. The summed E-state index contributed by atoms with van der Waals surface area (Å²) in [7, 11) is 0. The van der Waals surface area contributed by atoms with Gasteiger partial charge in [-0.15, -0.1) is 0 Å². The van der Waals surface area contributed by atoms with Gasteiger partial charge < -0.3 is 20.1 Å². The van der Waals surface area contributed by atoms with E-state index in [-0.39, 0.29) is 25.8 Å². The Kier molecular flexibility index (Phi) is 19.2. The molecule has 0 spiro atoms. The van der Waals surface area contributed by atoms with Crippen LogP contribution in [0.2, 0.25) is 0 Å². The highest BCUT2D eigenvalue weighted by molar-refractivity contribution is 5.65. The summed E-state index contributed by atoms with van der Waals surface area (Å²) in [5, 5.41) is 25.5. The first-order chi connectivity index (χ1) is 11.0. The summed E-state index contributed by atoms with van der Waals surface area (Å²) < 4.78 is 4.40. The van der Waals surface area contributed by atoms with E-state index in [0.29, 0.717) is 26.2 Å². The Balaban J connectivity index is 0. The van der Waals surface area contributed by atoms with E-state index >= 15 is 0 Å². The molecular weight excluding hydrogens is 298 g/mol. The third-order valence-corrected chi connectivity index (χ3v) is 2.54. The van der Waals surface area contributed by atoms with E-state index in [2.05, 4.69) is 23.8 Å². The summed E-state index contributed by atoms with van der Waals surface area (Å²) in [6, 6.07) is 10.3. The van der Waals surface area contributed by atoms with E-state index in [1.165, 1.54) is 12.5 Å². The van der Waals surface area contributed by atoms with Gasteiger partial charge >= 0.3 is 5.97 Å². The Morgan fingerprint density at radius 1 is 1.00 bits per heavy atom. The molecule has 0 amide bonds. The lowest BCUT2D eigenvalue weighted by Crippen LogP contribution is -2.32. The molecule has 0 atom stereocenters. The van der Waals surface area contributed by atoms with Gasteiger partial charge in [-0.1, -0.05) is 35.9 Å². The van der Waals surface area contributed by atoms with Gasteiger partial charge in [0.25, 0.3) is 0 Å². The first-order valence-corrected chi connectivity index (χ1v) is 7.71. The van der Waals surface area contributed by atoms with Gasteiger partial charge in [-0.2, -0.15) is 0 Å². The number of ether oxygens (including phenoxy) is 1. The van der Waals surface area contributed by atoms with Crippen LogP contribution in [0.5, 0.6) is 0 Å². The minimum atomic E-state index is -0.211. The third-order valence-electron chi connectivity index (χ3n) is 2.54. The first-order valence-electron chi connectivity index (χ1n) is 7.71. The van der Waals surface area contributed by atoms with Gasteiger partial charge in [-0.3, -0.25) is 9.69 Å².